The first-order valence-electron chi connectivity index (χ1n) is 4.02. The molecule has 0 aliphatic carbocycles. The average Bonchev–Trinajstić information content (AvgIpc) is 2.18. The van der Waals surface area contributed by atoms with Crippen molar-refractivity contribution in [3.8, 4) is 0 Å². The Labute approximate surface area is 86.8 Å². The van der Waals surface area contributed by atoms with Gasteiger partial charge in [0.25, 0.3) is 5.69 Å². The summed E-state index contributed by atoms with van der Waals surface area (Å²) in [6, 6.07) is 6.10. The molecule has 0 saturated carbocycles. The smallest absolute Gasteiger partial charge is 0.268 e. The number of benzene rings is 1. The van der Waals surface area contributed by atoms with Gasteiger partial charge in [0, 0.05) is 12.1 Å². The van der Waals surface area contributed by atoms with Gasteiger partial charge in [0.1, 0.15) is 5.60 Å². The van der Waals surface area contributed by atoms with Crippen LogP contribution in [0, 0.1) is 10.1 Å². The minimum absolute atomic E-state index is 0.0547. The predicted molar refractivity (Wildman–Crippen MR) is 53.1 cm³/mol. The van der Waals surface area contributed by atoms with Crippen molar-refractivity contribution in [3.05, 3.63) is 39.9 Å². The van der Waals surface area contributed by atoms with E-state index in [4.69, 9.17) is 16.2 Å². The number of nitro benzene ring substituents is 1. The second-order valence-electron chi connectivity index (χ2n) is 3.39. The molecule has 0 aromatic heterocycles. The van der Waals surface area contributed by atoms with Crippen molar-refractivity contribution in [2.75, 3.05) is 0 Å². The minimum Gasteiger partial charge on any atom is -0.268 e. The number of hydrogen-bond donors (Lipinski definition) is 0. The first-order valence-corrected chi connectivity index (χ1v) is 4.33. The SMILES string of the molecule is CC(C)(OCl)c1ccc([N+](=O)[O-])cc1. The summed E-state index contributed by atoms with van der Waals surface area (Å²) in [6.45, 7) is 3.56. The van der Waals surface area contributed by atoms with Crippen LogP contribution in [-0.2, 0) is 9.89 Å². The van der Waals surface area contributed by atoms with E-state index in [9.17, 15) is 10.1 Å². The van der Waals surface area contributed by atoms with E-state index in [0.717, 1.165) is 5.56 Å². The standard InChI is InChI=1S/C9H10ClNO3/c1-9(2,14-10)7-3-5-8(6-4-7)11(12)13/h3-6H,1-2H3. The van der Waals surface area contributed by atoms with Crippen molar-refractivity contribution < 1.29 is 9.21 Å². The molecule has 0 saturated heterocycles. The molecule has 1 aromatic rings. The Morgan fingerprint density at radius 1 is 1.36 bits per heavy atom. The lowest BCUT2D eigenvalue weighted by Gasteiger charge is -2.20. The highest BCUT2D eigenvalue weighted by molar-refractivity contribution is 6.07. The first kappa shape index (κ1) is 10.9. The normalized spacial score (nSPS) is 11.4. The van der Waals surface area contributed by atoms with Gasteiger partial charge in [-0.15, -0.1) is 0 Å². The van der Waals surface area contributed by atoms with Crippen LogP contribution in [0.3, 0.4) is 0 Å². The fourth-order valence-electron chi connectivity index (χ4n) is 1.03. The topological polar surface area (TPSA) is 52.4 Å². The molecule has 76 valence electrons. The fourth-order valence-corrected chi connectivity index (χ4v) is 1.12. The van der Waals surface area contributed by atoms with Gasteiger partial charge in [-0.05, 0) is 31.5 Å². The molecular weight excluding hydrogens is 206 g/mol. The van der Waals surface area contributed by atoms with Crippen LogP contribution in [0.5, 0.6) is 0 Å². The van der Waals surface area contributed by atoms with Gasteiger partial charge in [-0.25, -0.2) is 0 Å². The Kier molecular flexibility index (Phi) is 3.08. The Morgan fingerprint density at radius 3 is 2.21 bits per heavy atom. The highest BCUT2D eigenvalue weighted by atomic mass is 35.5. The number of hydrogen-bond acceptors (Lipinski definition) is 3. The van der Waals surface area contributed by atoms with Crippen molar-refractivity contribution in [1.29, 1.82) is 0 Å². The van der Waals surface area contributed by atoms with E-state index >= 15 is 0 Å². The molecule has 0 aliphatic heterocycles. The summed E-state index contributed by atoms with van der Waals surface area (Å²) in [5.41, 5.74) is 0.202. The van der Waals surface area contributed by atoms with Gasteiger partial charge < -0.3 is 0 Å². The monoisotopic (exact) mass is 215 g/mol. The highest BCUT2D eigenvalue weighted by Gasteiger charge is 2.21. The molecular formula is C9H10ClNO3. The van der Waals surface area contributed by atoms with E-state index in [1.807, 2.05) is 0 Å². The lowest BCUT2D eigenvalue weighted by Crippen LogP contribution is -2.16. The zero-order valence-corrected chi connectivity index (χ0v) is 8.62. The summed E-state index contributed by atoms with van der Waals surface area (Å²) < 4.78 is 4.73. The molecule has 5 heteroatoms. The summed E-state index contributed by atoms with van der Waals surface area (Å²) in [7, 11) is 0. The van der Waals surface area contributed by atoms with E-state index in [-0.39, 0.29) is 5.69 Å². The summed E-state index contributed by atoms with van der Waals surface area (Å²) in [4.78, 5) is 9.93. The third-order valence-electron chi connectivity index (χ3n) is 1.97. The van der Waals surface area contributed by atoms with Gasteiger partial charge in [-0.2, -0.15) is 0 Å². The molecule has 0 fully saturated rings. The fraction of sp³-hybridized carbons (Fsp3) is 0.333. The summed E-state index contributed by atoms with van der Waals surface area (Å²) in [5.74, 6) is 0. The molecule has 0 unspecified atom stereocenters. The number of non-ortho nitro benzene ring substituents is 1. The van der Waals surface area contributed by atoms with Crippen molar-refractivity contribution in [2.24, 2.45) is 0 Å². The van der Waals surface area contributed by atoms with E-state index in [2.05, 4.69) is 0 Å². The van der Waals surface area contributed by atoms with Crippen LogP contribution >= 0.6 is 11.9 Å². The zero-order chi connectivity index (χ0) is 10.8. The molecule has 0 N–H and O–H groups in total. The van der Waals surface area contributed by atoms with Crippen molar-refractivity contribution in [1.82, 2.24) is 0 Å². The van der Waals surface area contributed by atoms with E-state index in [0.29, 0.717) is 0 Å². The average molecular weight is 216 g/mol. The van der Waals surface area contributed by atoms with Crippen molar-refractivity contribution >= 4 is 17.6 Å². The molecule has 0 bridgehead atoms. The molecule has 14 heavy (non-hydrogen) atoms. The van der Waals surface area contributed by atoms with Gasteiger partial charge in [0.05, 0.1) is 16.8 Å². The molecule has 1 rings (SSSR count). The quantitative estimate of drug-likeness (QED) is 0.575. The van der Waals surface area contributed by atoms with Crippen LogP contribution in [0.1, 0.15) is 19.4 Å². The van der Waals surface area contributed by atoms with E-state index in [1.165, 1.54) is 12.1 Å². The van der Waals surface area contributed by atoms with Crippen molar-refractivity contribution in [3.63, 3.8) is 0 Å². The van der Waals surface area contributed by atoms with Gasteiger partial charge >= 0.3 is 0 Å². The number of nitrogens with zero attached hydrogens (tertiary/aromatic N) is 1. The maximum atomic E-state index is 10.4. The van der Waals surface area contributed by atoms with Crippen LogP contribution in [0.15, 0.2) is 24.3 Å². The van der Waals surface area contributed by atoms with Gasteiger partial charge in [0.2, 0.25) is 0 Å². The first-order chi connectivity index (χ1) is 6.47. The van der Waals surface area contributed by atoms with Crippen molar-refractivity contribution in [2.45, 2.75) is 19.4 Å². The van der Waals surface area contributed by atoms with Crippen LogP contribution in [0.25, 0.3) is 0 Å². The maximum absolute atomic E-state index is 10.4. The lowest BCUT2D eigenvalue weighted by atomic mass is 9.98. The summed E-state index contributed by atoms with van der Waals surface area (Å²) >= 11 is 5.30. The largest absolute Gasteiger partial charge is 0.269 e. The van der Waals surface area contributed by atoms with Crippen LogP contribution in [0.4, 0.5) is 5.69 Å². The van der Waals surface area contributed by atoms with Crippen LogP contribution in [-0.4, -0.2) is 4.92 Å². The van der Waals surface area contributed by atoms with Gasteiger partial charge in [-0.3, -0.25) is 14.4 Å². The van der Waals surface area contributed by atoms with Gasteiger partial charge in [-0.1, -0.05) is 0 Å². The minimum atomic E-state index is -0.642. The molecule has 0 aliphatic rings. The molecule has 0 heterocycles. The number of halogens is 1. The van der Waals surface area contributed by atoms with Crippen LogP contribution < -0.4 is 0 Å². The molecule has 0 radical (unpaired) electrons. The maximum Gasteiger partial charge on any atom is 0.269 e. The predicted octanol–water partition coefficient (Wildman–Crippen LogP) is 3.00. The van der Waals surface area contributed by atoms with E-state index in [1.54, 1.807) is 26.0 Å². The number of rotatable bonds is 3. The molecule has 4 nitrogen and oxygen atoms in total. The molecule has 0 spiro atoms. The second-order valence-corrected chi connectivity index (χ2v) is 3.55. The van der Waals surface area contributed by atoms with Gasteiger partial charge in [0.15, 0.2) is 0 Å². The molecule has 1 aromatic carbocycles. The Morgan fingerprint density at radius 2 is 1.86 bits per heavy atom. The Hall–Kier alpha value is -1.13. The van der Waals surface area contributed by atoms with Crippen LogP contribution in [0.2, 0.25) is 0 Å². The number of nitro groups is 1. The lowest BCUT2D eigenvalue weighted by molar-refractivity contribution is -0.384. The highest BCUT2D eigenvalue weighted by Crippen LogP contribution is 2.27. The Balaban J connectivity index is 2.99. The summed E-state index contributed by atoms with van der Waals surface area (Å²) in [5, 5.41) is 10.4. The Bertz CT molecular complexity index is 334. The third kappa shape index (κ3) is 2.21. The summed E-state index contributed by atoms with van der Waals surface area (Å²) in [6.07, 6.45) is 0. The third-order valence-corrected chi connectivity index (χ3v) is 2.35. The molecule has 0 atom stereocenters. The second kappa shape index (κ2) is 3.94. The molecule has 0 amide bonds. The van der Waals surface area contributed by atoms with E-state index < -0.39 is 10.5 Å². The zero-order valence-electron chi connectivity index (χ0n) is 7.86.